The fraction of sp³-hybridized carbons (Fsp3) is 0.750. The molecule has 2 N–H and O–H groups in total. The number of aryl methyl sites for hydroxylation is 1. The molecule has 18 heavy (non-hydrogen) atoms. The first kappa shape index (κ1) is 14.6. The minimum Gasteiger partial charge on any atom is -0.345 e. The zero-order valence-corrected chi connectivity index (χ0v) is 11.8. The fourth-order valence-corrected chi connectivity index (χ4v) is 1.60. The van der Waals surface area contributed by atoms with E-state index < -0.39 is 0 Å². The van der Waals surface area contributed by atoms with E-state index in [1.807, 2.05) is 21.0 Å². The second-order valence-corrected chi connectivity index (χ2v) is 5.05. The molecule has 1 rings (SSSR count). The Balaban J connectivity index is 2.66. The molecule has 6 heteroatoms. The van der Waals surface area contributed by atoms with Crippen LogP contribution in [-0.4, -0.2) is 52.7 Å². The van der Waals surface area contributed by atoms with Crippen LogP contribution in [0.15, 0.2) is 0 Å². The highest BCUT2D eigenvalue weighted by Gasteiger charge is 2.20. The van der Waals surface area contributed by atoms with Gasteiger partial charge in [0, 0.05) is 19.0 Å². The Hall–Kier alpha value is -1.43. The summed E-state index contributed by atoms with van der Waals surface area (Å²) < 4.78 is 0. The molecule has 0 aromatic carbocycles. The first-order chi connectivity index (χ1) is 8.43. The molecule has 102 valence electrons. The number of H-pyrrole nitrogens is 1. The number of aromatic nitrogens is 3. The molecule has 0 aliphatic carbocycles. The summed E-state index contributed by atoms with van der Waals surface area (Å²) in [5.74, 6) is 1.09. The molecule has 1 amide bonds. The molecule has 0 aliphatic rings. The standard InChI is InChI=1S/C12H23N5O/c1-6-10-14-11(16-15-10)12(18)13-9(8(2)3)7-17(4)5/h8-9H,6-7H2,1-5H3,(H,13,18)(H,14,15,16). The highest BCUT2D eigenvalue weighted by atomic mass is 16.2. The molecule has 1 unspecified atom stereocenters. The van der Waals surface area contributed by atoms with Gasteiger partial charge in [0.25, 0.3) is 5.91 Å². The molecule has 6 nitrogen and oxygen atoms in total. The van der Waals surface area contributed by atoms with Gasteiger partial charge in [-0.2, -0.15) is 0 Å². The van der Waals surface area contributed by atoms with Crippen LogP contribution in [-0.2, 0) is 6.42 Å². The van der Waals surface area contributed by atoms with Crippen LogP contribution in [0, 0.1) is 5.92 Å². The average molecular weight is 253 g/mol. The lowest BCUT2D eigenvalue weighted by Gasteiger charge is -2.25. The van der Waals surface area contributed by atoms with Crippen LogP contribution in [0.5, 0.6) is 0 Å². The molecule has 0 aliphatic heterocycles. The first-order valence-corrected chi connectivity index (χ1v) is 6.30. The van der Waals surface area contributed by atoms with Gasteiger partial charge in [0.15, 0.2) is 0 Å². The van der Waals surface area contributed by atoms with Gasteiger partial charge in [-0.05, 0) is 20.0 Å². The number of likely N-dealkylation sites (N-methyl/N-ethyl adjacent to an activating group) is 1. The van der Waals surface area contributed by atoms with Crippen molar-refractivity contribution in [3.63, 3.8) is 0 Å². The average Bonchev–Trinajstić information content (AvgIpc) is 2.75. The summed E-state index contributed by atoms with van der Waals surface area (Å²) in [5, 5.41) is 9.64. The number of amides is 1. The summed E-state index contributed by atoms with van der Waals surface area (Å²) in [7, 11) is 3.98. The number of hydrogen-bond acceptors (Lipinski definition) is 4. The van der Waals surface area contributed by atoms with Gasteiger partial charge in [0.05, 0.1) is 0 Å². The molecule has 0 bridgehead atoms. The Morgan fingerprint density at radius 1 is 1.44 bits per heavy atom. The zero-order valence-electron chi connectivity index (χ0n) is 11.8. The summed E-state index contributed by atoms with van der Waals surface area (Å²) in [6, 6.07) is 0.0936. The Labute approximate surface area is 108 Å². The lowest BCUT2D eigenvalue weighted by molar-refractivity contribution is 0.0906. The van der Waals surface area contributed by atoms with Crippen LogP contribution in [0.1, 0.15) is 37.2 Å². The highest BCUT2D eigenvalue weighted by molar-refractivity contribution is 5.90. The van der Waals surface area contributed by atoms with Gasteiger partial charge in [0.2, 0.25) is 5.82 Å². The summed E-state index contributed by atoms with van der Waals surface area (Å²) >= 11 is 0. The van der Waals surface area contributed by atoms with E-state index in [-0.39, 0.29) is 17.8 Å². The fourth-order valence-electron chi connectivity index (χ4n) is 1.60. The van der Waals surface area contributed by atoms with Gasteiger partial charge in [-0.15, -0.1) is 5.10 Å². The number of carbonyl (C=O) groups is 1. The van der Waals surface area contributed by atoms with Gasteiger partial charge in [-0.25, -0.2) is 4.98 Å². The van der Waals surface area contributed by atoms with Crippen molar-refractivity contribution in [1.82, 2.24) is 25.4 Å². The number of nitrogens with one attached hydrogen (secondary N) is 2. The second kappa shape index (κ2) is 6.49. The number of hydrogen-bond donors (Lipinski definition) is 2. The SMILES string of the molecule is CCc1nc(C(=O)NC(CN(C)C)C(C)C)n[nH]1. The molecule has 1 heterocycles. The van der Waals surface area contributed by atoms with E-state index in [9.17, 15) is 4.79 Å². The Bertz CT molecular complexity index is 386. The largest absolute Gasteiger partial charge is 0.345 e. The van der Waals surface area contributed by atoms with Crippen molar-refractivity contribution in [1.29, 1.82) is 0 Å². The minimum absolute atomic E-state index is 0.0936. The quantitative estimate of drug-likeness (QED) is 0.782. The van der Waals surface area contributed by atoms with Crippen LogP contribution >= 0.6 is 0 Å². The van der Waals surface area contributed by atoms with E-state index in [1.54, 1.807) is 0 Å². The van der Waals surface area contributed by atoms with Crippen molar-refractivity contribution in [2.45, 2.75) is 33.2 Å². The lowest BCUT2D eigenvalue weighted by Crippen LogP contribution is -2.45. The number of aromatic amines is 1. The molecule has 0 radical (unpaired) electrons. The Morgan fingerprint density at radius 3 is 2.56 bits per heavy atom. The van der Waals surface area contributed by atoms with Crippen molar-refractivity contribution in [3.8, 4) is 0 Å². The highest BCUT2D eigenvalue weighted by Crippen LogP contribution is 2.04. The number of nitrogens with zero attached hydrogens (tertiary/aromatic N) is 3. The molecule has 0 saturated carbocycles. The van der Waals surface area contributed by atoms with Crippen molar-refractivity contribution in [2.75, 3.05) is 20.6 Å². The molecule has 0 saturated heterocycles. The molecule has 1 aromatic heterocycles. The van der Waals surface area contributed by atoms with Crippen LogP contribution in [0.25, 0.3) is 0 Å². The van der Waals surface area contributed by atoms with Gasteiger partial charge >= 0.3 is 0 Å². The van der Waals surface area contributed by atoms with Crippen LogP contribution in [0.3, 0.4) is 0 Å². The molecular formula is C12H23N5O. The van der Waals surface area contributed by atoms with E-state index in [1.165, 1.54) is 0 Å². The third-order valence-corrected chi connectivity index (χ3v) is 2.75. The third-order valence-electron chi connectivity index (χ3n) is 2.75. The van der Waals surface area contributed by atoms with Crippen molar-refractivity contribution in [2.24, 2.45) is 5.92 Å². The predicted molar refractivity (Wildman–Crippen MR) is 70.4 cm³/mol. The van der Waals surface area contributed by atoms with Gasteiger partial charge < -0.3 is 10.2 Å². The van der Waals surface area contributed by atoms with Crippen LogP contribution < -0.4 is 5.32 Å². The maximum absolute atomic E-state index is 12.0. The van der Waals surface area contributed by atoms with E-state index in [0.717, 1.165) is 18.8 Å². The third kappa shape index (κ3) is 4.10. The van der Waals surface area contributed by atoms with E-state index >= 15 is 0 Å². The zero-order chi connectivity index (χ0) is 13.7. The summed E-state index contributed by atoms with van der Waals surface area (Å²) in [5.41, 5.74) is 0. The van der Waals surface area contributed by atoms with Gasteiger partial charge in [-0.3, -0.25) is 9.89 Å². The van der Waals surface area contributed by atoms with E-state index in [0.29, 0.717) is 5.92 Å². The summed E-state index contributed by atoms with van der Waals surface area (Å²) in [6.45, 7) is 6.94. The molecule has 1 atom stereocenters. The Morgan fingerprint density at radius 2 is 2.11 bits per heavy atom. The molecular weight excluding hydrogens is 230 g/mol. The maximum Gasteiger partial charge on any atom is 0.291 e. The Kier molecular flexibility index (Phi) is 5.27. The summed E-state index contributed by atoms with van der Waals surface area (Å²) in [6.07, 6.45) is 0.742. The second-order valence-electron chi connectivity index (χ2n) is 5.05. The molecule has 0 fully saturated rings. The first-order valence-electron chi connectivity index (χ1n) is 6.30. The number of carbonyl (C=O) groups excluding carboxylic acids is 1. The van der Waals surface area contributed by atoms with E-state index in [4.69, 9.17) is 0 Å². The lowest BCUT2D eigenvalue weighted by atomic mass is 10.0. The van der Waals surface area contributed by atoms with Crippen molar-refractivity contribution < 1.29 is 4.79 Å². The summed E-state index contributed by atoms with van der Waals surface area (Å²) in [4.78, 5) is 18.2. The topological polar surface area (TPSA) is 73.9 Å². The smallest absolute Gasteiger partial charge is 0.291 e. The van der Waals surface area contributed by atoms with Gasteiger partial charge in [-0.1, -0.05) is 20.8 Å². The predicted octanol–water partition coefficient (Wildman–Crippen LogP) is 0.683. The number of rotatable bonds is 6. The van der Waals surface area contributed by atoms with Crippen molar-refractivity contribution in [3.05, 3.63) is 11.6 Å². The van der Waals surface area contributed by atoms with Crippen molar-refractivity contribution >= 4 is 5.91 Å². The van der Waals surface area contributed by atoms with Crippen LogP contribution in [0.4, 0.5) is 0 Å². The minimum atomic E-state index is -0.216. The van der Waals surface area contributed by atoms with Crippen LogP contribution in [0.2, 0.25) is 0 Å². The molecule has 1 aromatic rings. The molecule has 0 spiro atoms. The normalized spacial score (nSPS) is 13.1. The maximum atomic E-state index is 12.0. The van der Waals surface area contributed by atoms with E-state index in [2.05, 4.69) is 39.2 Å². The van der Waals surface area contributed by atoms with Gasteiger partial charge in [0.1, 0.15) is 5.82 Å². The monoisotopic (exact) mass is 253 g/mol.